The molecule has 1 heterocycles. The van der Waals surface area contributed by atoms with E-state index in [1.54, 1.807) is 4.31 Å². The van der Waals surface area contributed by atoms with E-state index in [2.05, 4.69) is 11.6 Å². The smallest absolute Gasteiger partial charge is 0.279 e. The number of hydrogen-bond acceptors (Lipinski definition) is 3. The van der Waals surface area contributed by atoms with Gasteiger partial charge in [-0.15, -0.1) is 0 Å². The molecule has 1 saturated carbocycles. The average molecular weight is 303 g/mol. The minimum Gasteiger partial charge on any atom is -0.329 e. The average Bonchev–Trinajstić information content (AvgIpc) is 2.71. The Morgan fingerprint density at radius 1 is 1.15 bits per heavy atom. The zero-order valence-electron chi connectivity index (χ0n) is 12.6. The molecule has 2 aliphatic rings. The topological polar surface area (TPSA) is 75.4 Å². The summed E-state index contributed by atoms with van der Waals surface area (Å²) in [7, 11) is -3.39. The predicted molar refractivity (Wildman–Crippen MR) is 81.5 cm³/mol. The van der Waals surface area contributed by atoms with Crippen LogP contribution >= 0.6 is 0 Å². The maximum Gasteiger partial charge on any atom is 0.279 e. The molecule has 118 valence electrons. The van der Waals surface area contributed by atoms with Crippen molar-refractivity contribution in [2.75, 3.05) is 19.6 Å². The number of rotatable bonds is 4. The lowest BCUT2D eigenvalue weighted by molar-refractivity contribution is 0.226. The maximum atomic E-state index is 12.6. The van der Waals surface area contributed by atoms with E-state index in [4.69, 9.17) is 5.73 Å². The standard InChI is InChI=1S/C14H29N3O2S/c1-13-6-8-14(12-15,9-7-13)16-20(18,19)17-10-4-2-3-5-11-17/h13,16H,2-12,15H2,1H3. The first-order valence-electron chi connectivity index (χ1n) is 7.97. The molecule has 0 unspecified atom stereocenters. The Labute approximate surface area is 123 Å². The van der Waals surface area contributed by atoms with Crippen LogP contribution in [0.3, 0.4) is 0 Å². The molecule has 0 bridgehead atoms. The Kier molecular flexibility index (Phi) is 5.45. The molecule has 5 nitrogen and oxygen atoms in total. The lowest BCUT2D eigenvalue weighted by atomic mass is 9.78. The van der Waals surface area contributed by atoms with Gasteiger partial charge in [-0.3, -0.25) is 0 Å². The fourth-order valence-electron chi connectivity index (χ4n) is 3.28. The third-order valence-electron chi connectivity index (χ3n) is 4.87. The third-order valence-corrected chi connectivity index (χ3v) is 6.61. The highest BCUT2D eigenvalue weighted by Gasteiger charge is 2.38. The van der Waals surface area contributed by atoms with Crippen molar-refractivity contribution in [3.8, 4) is 0 Å². The van der Waals surface area contributed by atoms with E-state index in [0.717, 1.165) is 51.4 Å². The zero-order valence-corrected chi connectivity index (χ0v) is 13.4. The molecular weight excluding hydrogens is 274 g/mol. The van der Waals surface area contributed by atoms with Crippen LogP contribution in [0.2, 0.25) is 0 Å². The van der Waals surface area contributed by atoms with Crippen molar-refractivity contribution in [1.29, 1.82) is 0 Å². The Bertz CT molecular complexity index is 395. The summed E-state index contributed by atoms with van der Waals surface area (Å²) in [6.07, 6.45) is 8.02. The van der Waals surface area contributed by atoms with Crippen molar-refractivity contribution in [1.82, 2.24) is 9.03 Å². The number of nitrogens with two attached hydrogens (primary N) is 1. The normalized spacial score (nSPS) is 33.8. The number of hydrogen-bond donors (Lipinski definition) is 2. The maximum absolute atomic E-state index is 12.6. The summed E-state index contributed by atoms with van der Waals surface area (Å²) in [5, 5.41) is 0. The molecule has 1 aliphatic heterocycles. The Morgan fingerprint density at radius 2 is 1.70 bits per heavy atom. The SMILES string of the molecule is CC1CCC(CN)(NS(=O)(=O)N2CCCCCC2)CC1. The van der Waals surface area contributed by atoms with E-state index in [1.165, 1.54) is 0 Å². The molecule has 6 heteroatoms. The van der Waals surface area contributed by atoms with Gasteiger partial charge in [-0.25, -0.2) is 0 Å². The second kappa shape index (κ2) is 6.73. The summed E-state index contributed by atoms with van der Waals surface area (Å²) in [5.41, 5.74) is 5.49. The van der Waals surface area contributed by atoms with Crippen molar-refractivity contribution in [2.45, 2.75) is 63.8 Å². The molecule has 1 aliphatic carbocycles. The Morgan fingerprint density at radius 3 is 2.20 bits per heavy atom. The highest BCUT2D eigenvalue weighted by Crippen LogP contribution is 2.32. The van der Waals surface area contributed by atoms with Crippen LogP contribution in [0.25, 0.3) is 0 Å². The van der Waals surface area contributed by atoms with Gasteiger partial charge in [0.25, 0.3) is 10.2 Å². The van der Waals surface area contributed by atoms with Gasteiger partial charge in [-0.05, 0) is 44.4 Å². The number of nitrogens with zero attached hydrogens (tertiary/aromatic N) is 1. The first-order chi connectivity index (χ1) is 9.47. The van der Waals surface area contributed by atoms with Crippen molar-refractivity contribution < 1.29 is 8.42 Å². The summed E-state index contributed by atoms with van der Waals surface area (Å²) >= 11 is 0. The number of nitrogens with one attached hydrogen (secondary N) is 1. The van der Waals surface area contributed by atoms with Crippen LogP contribution in [0.15, 0.2) is 0 Å². The Balaban J connectivity index is 2.05. The lowest BCUT2D eigenvalue weighted by Crippen LogP contribution is -2.58. The second-order valence-electron chi connectivity index (χ2n) is 6.59. The molecular formula is C14H29N3O2S. The van der Waals surface area contributed by atoms with Crippen molar-refractivity contribution in [3.05, 3.63) is 0 Å². The second-order valence-corrected chi connectivity index (χ2v) is 8.26. The minimum absolute atomic E-state index is 0.396. The quantitative estimate of drug-likeness (QED) is 0.828. The minimum atomic E-state index is -3.39. The van der Waals surface area contributed by atoms with Gasteiger partial charge in [0.15, 0.2) is 0 Å². The molecule has 0 amide bonds. The first-order valence-corrected chi connectivity index (χ1v) is 9.41. The van der Waals surface area contributed by atoms with E-state index in [0.29, 0.717) is 25.6 Å². The van der Waals surface area contributed by atoms with Gasteiger partial charge >= 0.3 is 0 Å². The fraction of sp³-hybridized carbons (Fsp3) is 1.00. The van der Waals surface area contributed by atoms with Gasteiger partial charge in [0.1, 0.15) is 0 Å². The van der Waals surface area contributed by atoms with Gasteiger partial charge in [-0.2, -0.15) is 17.4 Å². The molecule has 2 rings (SSSR count). The molecule has 2 fully saturated rings. The summed E-state index contributed by atoms with van der Waals surface area (Å²) in [4.78, 5) is 0. The van der Waals surface area contributed by atoms with Gasteiger partial charge in [-0.1, -0.05) is 19.8 Å². The zero-order chi connectivity index (χ0) is 14.6. The highest BCUT2D eigenvalue weighted by atomic mass is 32.2. The summed E-state index contributed by atoms with van der Waals surface area (Å²) in [6, 6.07) is 0. The van der Waals surface area contributed by atoms with Crippen molar-refractivity contribution in [2.24, 2.45) is 11.7 Å². The molecule has 3 N–H and O–H groups in total. The molecule has 0 radical (unpaired) electrons. The van der Waals surface area contributed by atoms with Gasteiger partial charge in [0.05, 0.1) is 0 Å². The first kappa shape index (κ1) is 16.2. The van der Waals surface area contributed by atoms with Crippen LogP contribution in [-0.4, -0.2) is 37.9 Å². The molecule has 0 spiro atoms. The van der Waals surface area contributed by atoms with Gasteiger partial charge in [0.2, 0.25) is 0 Å². The lowest BCUT2D eigenvalue weighted by Gasteiger charge is -2.40. The van der Waals surface area contributed by atoms with Crippen LogP contribution in [-0.2, 0) is 10.2 Å². The summed E-state index contributed by atoms with van der Waals surface area (Å²) < 4.78 is 29.8. The fourth-order valence-corrected chi connectivity index (χ4v) is 4.99. The molecule has 0 aromatic carbocycles. The van der Waals surface area contributed by atoms with E-state index in [-0.39, 0.29) is 0 Å². The van der Waals surface area contributed by atoms with E-state index >= 15 is 0 Å². The summed E-state index contributed by atoms with van der Waals surface area (Å²) in [5.74, 6) is 0.678. The van der Waals surface area contributed by atoms with Crippen LogP contribution in [0.4, 0.5) is 0 Å². The van der Waals surface area contributed by atoms with E-state index in [1.807, 2.05) is 0 Å². The summed E-state index contributed by atoms with van der Waals surface area (Å²) in [6.45, 7) is 3.91. The van der Waals surface area contributed by atoms with Gasteiger partial charge in [0, 0.05) is 25.2 Å². The van der Waals surface area contributed by atoms with Crippen molar-refractivity contribution >= 4 is 10.2 Å². The third kappa shape index (κ3) is 3.93. The van der Waals surface area contributed by atoms with Gasteiger partial charge < -0.3 is 5.73 Å². The van der Waals surface area contributed by atoms with Crippen LogP contribution in [0.1, 0.15) is 58.3 Å². The largest absolute Gasteiger partial charge is 0.329 e. The molecule has 0 atom stereocenters. The van der Waals surface area contributed by atoms with E-state index in [9.17, 15) is 8.42 Å². The van der Waals surface area contributed by atoms with Crippen LogP contribution in [0.5, 0.6) is 0 Å². The Hall–Kier alpha value is -0.170. The predicted octanol–water partition coefficient (Wildman–Crippen LogP) is 1.60. The molecule has 0 aromatic rings. The molecule has 20 heavy (non-hydrogen) atoms. The van der Waals surface area contributed by atoms with Crippen LogP contribution in [0, 0.1) is 5.92 Å². The molecule has 1 saturated heterocycles. The highest BCUT2D eigenvalue weighted by molar-refractivity contribution is 7.87. The van der Waals surface area contributed by atoms with E-state index < -0.39 is 15.7 Å². The van der Waals surface area contributed by atoms with Crippen molar-refractivity contribution in [3.63, 3.8) is 0 Å². The monoisotopic (exact) mass is 303 g/mol. The van der Waals surface area contributed by atoms with Crippen LogP contribution < -0.4 is 10.5 Å². The molecule has 0 aromatic heterocycles.